The quantitative estimate of drug-likeness (QED) is 0.623. The van der Waals surface area contributed by atoms with Crippen LogP contribution in [0.1, 0.15) is 50.6 Å². The third kappa shape index (κ3) is 3.67. The van der Waals surface area contributed by atoms with Crippen molar-refractivity contribution in [3.8, 4) is 0 Å². The molecule has 2 aromatic rings. The maximum Gasteiger partial charge on any atom is 0.227 e. The summed E-state index contributed by atoms with van der Waals surface area (Å²) in [7, 11) is 0. The van der Waals surface area contributed by atoms with Crippen molar-refractivity contribution in [1.29, 1.82) is 0 Å². The lowest BCUT2D eigenvalue weighted by atomic mass is 9.85. The van der Waals surface area contributed by atoms with Crippen molar-refractivity contribution in [2.24, 2.45) is 0 Å². The minimum atomic E-state index is -0.585. The smallest absolute Gasteiger partial charge is 0.227 e. The average molecular weight is 429 g/mol. The van der Waals surface area contributed by atoms with E-state index >= 15 is 0 Å². The van der Waals surface area contributed by atoms with E-state index in [-0.39, 0.29) is 11.7 Å². The Kier molecular flexibility index (Phi) is 5.66. The summed E-state index contributed by atoms with van der Waals surface area (Å²) in [6.45, 7) is 1.97. The van der Waals surface area contributed by atoms with Crippen LogP contribution in [-0.2, 0) is 9.59 Å². The maximum atomic E-state index is 13.4. The molecule has 1 N–H and O–H groups in total. The summed E-state index contributed by atoms with van der Waals surface area (Å²) in [6, 6.07) is 12.3. The van der Waals surface area contributed by atoms with Gasteiger partial charge in [-0.05, 0) is 49.1 Å². The fraction of sp³-hybridized carbons (Fsp3) is 0.304. The molecule has 6 heteroatoms. The molecule has 1 aliphatic heterocycles. The number of fused-ring (bicyclic) bond motifs is 1. The Morgan fingerprint density at radius 1 is 1.17 bits per heavy atom. The average Bonchev–Trinajstić information content (AvgIpc) is 2.83. The molecule has 1 heterocycles. The van der Waals surface area contributed by atoms with Gasteiger partial charge in [-0.2, -0.15) is 0 Å². The summed E-state index contributed by atoms with van der Waals surface area (Å²) in [4.78, 5) is 28.2. The number of rotatable bonds is 3. The molecule has 0 saturated carbocycles. The van der Waals surface area contributed by atoms with Gasteiger partial charge in [0, 0.05) is 34.2 Å². The first-order valence-corrected chi connectivity index (χ1v) is 10.7. The highest BCUT2D eigenvalue weighted by Crippen LogP contribution is 2.46. The van der Waals surface area contributed by atoms with Crippen LogP contribution in [0.3, 0.4) is 0 Å². The summed E-state index contributed by atoms with van der Waals surface area (Å²) in [5.74, 6) is 0.0155. The van der Waals surface area contributed by atoms with E-state index in [4.69, 9.17) is 23.2 Å². The predicted molar refractivity (Wildman–Crippen MR) is 118 cm³/mol. The van der Waals surface area contributed by atoms with Gasteiger partial charge >= 0.3 is 0 Å². The van der Waals surface area contributed by atoms with Gasteiger partial charge < -0.3 is 5.32 Å². The first-order chi connectivity index (χ1) is 14.0. The Morgan fingerprint density at radius 3 is 2.72 bits per heavy atom. The second-order valence-electron chi connectivity index (χ2n) is 7.39. The van der Waals surface area contributed by atoms with E-state index in [1.165, 1.54) is 0 Å². The van der Waals surface area contributed by atoms with Crippen molar-refractivity contribution >= 4 is 46.3 Å². The molecule has 0 unspecified atom stereocenters. The van der Waals surface area contributed by atoms with Crippen LogP contribution in [0.4, 0.5) is 11.4 Å². The van der Waals surface area contributed by atoms with Gasteiger partial charge in [-0.3, -0.25) is 14.5 Å². The van der Waals surface area contributed by atoms with Crippen LogP contribution in [0, 0.1) is 0 Å². The number of amides is 1. The molecule has 0 bridgehead atoms. The molecular formula is C23H22Cl2N2O2. The topological polar surface area (TPSA) is 49.4 Å². The number of hydrogen-bond acceptors (Lipinski definition) is 3. The van der Waals surface area contributed by atoms with Gasteiger partial charge in [0.05, 0.1) is 17.4 Å². The summed E-state index contributed by atoms with van der Waals surface area (Å²) in [6.07, 6.45) is 3.11. The molecule has 2 aliphatic rings. The number of para-hydroxylation sites is 2. The summed E-state index contributed by atoms with van der Waals surface area (Å²) in [5.41, 5.74) is 3.79. The Balaban J connectivity index is 2.01. The molecule has 4 rings (SSSR count). The molecule has 1 amide bonds. The monoisotopic (exact) mass is 428 g/mol. The van der Waals surface area contributed by atoms with E-state index < -0.39 is 6.04 Å². The lowest BCUT2D eigenvalue weighted by Gasteiger charge is -2.34. The van der Waals surface area contributed by atoms with Crippen molar-refractivity contribution < 1.29 is 9.59 Å². The fourth-order valence-corrected chi connectivity index (χ4v) is 4.67. The lowest BCUT2D eigenvalue weighted by molar-refractivity contribution is -0.119. The number of hydrogen-bond donors (Lipinski definition) is 1. The molecule has 29 heavy (non-hydrogen) atoms. The molecule has 1 aliphatic carbocycles. The first kappa shape index (κ1) is 20.0. The van der Waals surface area contributed by atoms with Crippen LogP contribution >= 0.6 is 23.2 Å². The number of nitrogens with one attached hydrogen (secondary N) is 1. The number of Topliss-reactive ketones (excluding diaryl/α,β-unsaturated/α-hetero) is 1. The van der Waals surface area contributed by atoms with Crippen molar-refractivity contribution in [1.82, 2.24) is 0 Å². The standard InChI is InChI=1S/C23H22Cl2N2O2/c1-2-6-21(29)27-19-9-4-3-7-17(19)26-18-8-5-10-20(28)22(18)23(27)15-12-11-14(24)13-16(15)25/h3-4,7,9,11-13,23,26H,2,5-6,8,10H2,1H3/t23-/m0/s1. The maximum absolute atomic E-state index is 13.4. The van der Waals surface area contributed by atoms with Crippen molar-refractivity contribution in [2.45, 2.75) is 45.1 Å². The zero-order valence-corrected chi connectivity index (χ0v) is 17.7. The van der Waals surface area contributed by atoms with Crippen molar-refractivity contribution in [2.75, 3.05) is 10.2 Å². The number of halogens is 2. The Labute approximate surface area is 180 Å². The van der Waals surface area contributed by atoms with Crippen LogP contribution in [-0.4, -0.2) is 11.7 Å². The Hall–Kier alpha value is -2.30. The summed E-state index contributed by atoms with van der Waals surface area (Å²) >= 11 is 12.7. The van der Waals surface area contributed by atoms with Gasteiger partial charge in [0.15, 0.2) is 5.78 Å². The Morgan fingerprint density at radius 2 is 1.97 bits per heavy atom. The van der Waals surface area contributed by atoms with Crippen LogP contribution in [0.2, 0.25) is 10.0 Å². The number of carbonyl (C=O) groups excluding carboxylic acids is 2. The molecule has 0 saturated heterocycles. The van der Waals surface area contributed by atoms with Gasteiger partial charge in [0.1, 0.15) is 0 Å². The summed E-state index contributed by atoms with van der Waals surface area (Å²) in [5, 5.41) is 4.41. The number of anilines is 2. The van der Waals surface area contributed by atoms with Gasteiger partial charge in [-0.1, -0.05) is 48.3 Å². The molecule has 0 aromatic heterocycles. The Bertz CT molecular complexity index is 1020. The molecular weight excluding hydrogens is 407 g/mol. The molecule has 2 aromatic carbocycles. The largest absolute Gasteiger partial charge is 0.357 e. The number of nitrogens with zero attached hydrogens (tertiary/aromatic N) is 1. The van der Waals surface area contributed by atoms with E-state index in [1.807, 2.05) is 37.3 Å². The zero-order valence-electron chi connectivity index (χ0n) is 16.2. The van der Waals surface area contributed by atoms with Crippen molar-refractivity contribution in [3.63, 3.8) is 0 Å². The van der Waals surface area contributed by atoms with Crippen LogP contribution in [0.5, 0.6) is 0 Å². The second-order valence-corrected chi connectivity index (χ2v) is 8.24. The van der Waals surface area contributed by atoms with E-state index in [9.17, 15) is 9.59 Å². The fourth-order valence-electron chi connectivity index (χ4n) is 4.16. The molecule has 150 valence electrons. The van der Waals surface area contributed by atoms with Gasteiger partial charge in [-0.25, -0.2) is 0 Å². The van der Waals surface area contributed by atoms with Gasteiger partial charge in [-0.15, -0.1) is 0 Å². The van der Waals surface area contributed by atoms with Gasteiger partial charge in [0.2, 0.25) is 5.91 Å². The highest BCUT2D eigenvalue weighted by molar-refractivity contribution is 6.35. The van der Waals surface area contributed by atoms with Crippen LogP contribution in [0.25, 0.3) is 0 Å². The molecule has 0 fully saturated rings. The van der Waals surface area contributed by atoms with Crippen LogP contribution < -0.4 is 10.2 Å². The summed E-state index contributed by atoms with van der Waals surface area (Å²) < 4.78 is 0. The molecule has 0 radical (unpaired) electrons. The van der Waals surface area contributed by atoms with Gasteiger partial charge in [0.25, 0.3) is 0 Å². The zero-order chi connectivity index (χ0) is 20.5. The van der Waals surface area contributed by atoms with E-state index in [0.717, 1.165) is 29.9 Å². The molecule has 1 atom stereocenters. The minimum absolute atomic E-state index is 0.0371. The number of benzene rings is 2. The normalized spacial score (nSPS) is 18.7. The number of carbonyl (C=O) groups is 2. The molecule has 4 nitrogen and oxygen atoms in total. The third-order valence-corrected chi connectivity index (χ3v) is 5.99. The van der Waals surface area contributed by atoms with Crippen molar-refractivity contribution in [3.05, 3.63) is 69.3 Å². The van der Waals surface area contributed by atoms with E-state index in [0.29, 0.717) is 40.4 Å². The highest BCUT2D eigenvalue weighted by Gasteiger charge is 2.39. The third-order valence-electron chi connectivity index (χ3n) is 5.43. The second kappa shape index (κ2) is 8.21. The highest BCUT2D eigenvalue weighted by atomic mass is 35.5. The first-order valence-electron chi connectivity index (χ1n) is 9.90. The molecule has 0 spiro atoms. The lowest BCUT2D eigenvalue weighted by Crippen LogP contribution is -2.38. The SMILES string of the molecule is CCCC(=O)N1c2ccccc2NC2=C(C(=O)CCC2)[C@@H]1c1ccc(Cl)cc1Cl. The minimum Gasteiger partial charge on any atom is -0.357 e. The van der Waals surface area contributed by atoms with E-state index in [2.05, 4.69) is 5.32 Å². The van der Waals surface area contributed by atoms with Crippen LogP contribution in [0.15, 0.2) is 53.7 Å². The predicted octanol–water partition coefficient (Wildman–Crippen LogP) is 6.30. The van der Waals surface area contributed by atoms with E-state index in [1.54, 1.807) is 17.0 Å². The number of allylic oxidation sites excluding steroid dienone is 1. The number of ketones is 1.